The molecule has 7 heteroatoms. The monoisotopic (exact) mass is 303 g/mol. The Labute approximate surface area is 107 Å². The van der Waals surface area contributed by atoms with Crippen molar-refractivity contribution in [2.75, 3.05) is 12.3 Å². The number of rotatable bonds is 2. The van der Waals surface area contributed by atoms with Crippen LogP contribution in [0, 0.1) is 5.92 Å². The van der Waals surface area contributed by atoms with Gasteiger partial charge in [0, 0.05) is 6.20 Å². The van der Waals surface area contributed by atoms with Crippen molar-refractivity contribution in [3.8, 4) is 0 Å². The Morgan fingerprint density at radius 1 is 1.76 bits per heavy atom. The van der Waals surface area contributed by atoms with Gasteiger partial charge in [-0.25, -0.2) is 4.79 Å². The molecule has 1 aromatic heterocycles. The van der Waals surface area contributed by atoms with Crippen molar-refractivity contribution < 1.29 is 9.84 Å². The van der Waals surface area contributed by atoms with Gasteiger partial charge in [0.2, 0.25) is 0 Å². The van der Waals surface area contributed by atoms with Gasteiger partial charge in [0.1, 0.15) is 12.0 Å². The fraction of sp³-hybridized carbons (Fsp3) is 0.600. The molecule has 6 nitrogen and oxygen atoms in total. The smallest absolute Gasteiger partial charge is 0.351 e. The summed E-state index contributed by atoms with van der Waals surface area (Å²) in [5, 5.41) is 9.11. The Hall–Kier alpha value is -0.920. The minimum Gasteiger partial charge on any atom is -0.394 e. The highest BCUT2D eigenvalue weighted by Gasteiger charge is 2.33. The number of hydrogen-bond donors (Lipinski definition) is 2. The second-order valence-corrected chi connectivity index (χ2v) is 5.04. The largest absolute Gasteiger partial charge is 0.394 e. The molecule has 94 valence electrons. The Kier molecular flexibility index (Phi) is 3.50. The van der Waals surface area contributed by atoms with E-state index in [1.165, 1.54) is 4.57 Å². The SMILES string of the molecule is C[C@H]1CC(n2cc(Br)c(N)nc2=O)OC1CO. The predicted octanol–water partition coefficient (Wildman–Crippen LogP) is 0.504. The molecule has 0 radical (unpaired) electrons. The highest BCUT2D eigenvalue weighted by molar-refractivity contribution is 9.10. The third kappa shape index (κ3) is 2.36. The van der Waals surface area contributed by atoms with Crippen molar-refractivity contribution in [1.82, 2.24) is 9.55 Å². The van der Waals surface area contributed by atoms with Crippen LogP contribution in [0.15, 0.2) is 15.5 Å². The molecular weight excluding hydrogens is 290 g/mol. The highest BCUT2D eigenvalue weighted by atomic mass is 79.9. The Morgan fingerprint density at radius 3 is 3.06 bits per heavy atom. The lowest BCUT2D eigenvalue weighted by atomic mass is 10.0. The molecule has 1 saturated heterocycles. The molecule has 0 amide bonds. The molecule has 0 saturated carbocycles. The van der Waals surface area contributed by atoms with Gasteiger partial charge < -0.3 is 15.6 Å². The fourth-order valence-electron chi connectivity index (χ4n) is 1.93. The van der Waals surface area contributed by atoms with E-state index in [1.54, 1.807) is 6.20 Å². The minimum atomic E-state index is -0.443. The van der Waals surface area contributed by atoms with Gasteiger partial charge in [-0.05, 0) is 28.3 Å². The summed E-state index contributed by atoms with van der Waals surface area (Å²) >= 11 is 3.22. The lowest BCUT2D eigenvalue weighted by molar-refractivity contribution is -0.0313. The van der Waals surface area contributed by atoms with E-state index in [2.05, 4.69) is 20.9 Å². The van der Waals surface area contributed by atoms with E-state index in [-0.39, 0.29) is 30.7 Å². The first-order valence-corrected chi connectivity index (χ1v) is 6.12. The van der Waals surface area contributed by atoms with Crippen molar-refractivity contribution in [1.29, 1.82) is 0 Å². The Morgan fingerprint density at radius 2 is 2.47 bits per heavy atom. The van der Waals surface area contributed by atoms with Crippen LogP contribution in [-0.2, 0) is 4.74 Å². The van der Waals surface area contributed by atoms with Crippen LogP contribution in [0.5, 0.6) is 0 Å². The first-order chi connectivity index (χ1) is 8.02. The molecule has 1 aliphatic heterocycles. The molecular formula is C10H14BrN3O3. The van der Waals surface area contributed by atoms with Crippen molar-refractivity contribution in [2.45, 2.75) is 25.7 Å². The average Bonchev–Trinajstić information content (AvgIpc) is 2.65. The van der Waals surface area contributed by atoms with E-state index < -0.39 is 5.69 Å². The van der Waals surface area contributed by atoms with Crippen molar-refractivity contribution in [3.05, 3.63) is 21.2 Å². The van der Waals surface area contributed by atoms with E-state index in [0.717, 1.165) is 0 Å². The number of aliphatic hydroxyl groups excluding tert-OH is 1. The van der Waals surface area contributed by atoms with E-state index in [1.807, 2.05) is 6.92 Å². The number of anilines is 1. The maximum atomic E-state index is 11.7. The molecule has 0 aliphatic carbocycles. The van der Waals surface area contributed by atoms with Gasteiger partial charge in [-0.15, -0.1) is 0 Å². The Balaban J connectivity index is 2.30. The molecule has 0 aromatic carbocycles. The molecule has 3 atom stereocenters. The number of aliphatic hydroxyl groups is 1. The Bertz CT molecular complexity index is 476. The summed E-state index contributed by atoms with van der Waals surface area (Å²) in [5.74, 6) is 0.365. The predicted molar refractivity (Wildman–Crippen MR) is 65.4 cm³/mol. The summed E-state index contributed by atoms with van der Waals surface area (Å²) in [7, 11) is 0. The van der Waals surface area contributed by atoms with Crippen LogP contribution in [0.2, 0.25) is 0 Å². The average molecular weight is 304 g/mol. The van der Waals surface area contributed by atoms with Crippen LogP contribution in [0.25, 0.3) is 0 Å². The summed E-state index contributed by atoms with van der Waals surface area (Å²) in [4.78, 5) is 15.4. The molecule has 2 heterocycles. The van der Waals surface area contributed by atoms with Crippen LogP contribution in [-0.4, -0.2) is 27.4 Å². The second-order valence-electron chi connectivity index (χ2n) is 4.19. The maximum Gasteiger partial charge on any atom is 0.351 e. The fourth-order valence-corrected chi connectivity index (χ4v) is 2.24. The van der Waals surface area contributed by atoms with Gasteiger partial charge in [-0.2, -0.15) is 4.98 Å². The zero-order chi connectivity index (χ0) is 12.6. The quantitative estimate of drug-likeness (QED) is 0.830. The summed E-state index contributed by atoms with van der Waals surface area (Å²) < 4.78 is 7.55. The van der Waals surface area contributed by atoms with Crippen molar-refractivity contribution in [2.24, 2.45) is 5.92 Å². The topological polar surface area (TPSA) is 90.4 Å². The molecule has 1 aliphatic rings. The van der Waals surface area contributed by atoms with Crippen molar-refractivity contribution >= 4 is 21.7 Å². The molecule has 17 heavy (non-hydrogen) atoms. The standard InChI is InChI=1S/C10H14BrN3O3/c1-5-2-8(17-7(5)4-15)14-3-6(11)9(12)13-10(14)16/h3,5,7-8,15H,2,4H2,1H3,(H2,12,13,16)/t5-,7?,8?/m0/s1. The number of nitrogen functional groups attached to an aromatic ring is 1. The third-order valence-corrected chi connectivity index (χ3v) is 3.58. The van der Waals surface area contributed by atoms with E-state index in [4.69, 9.17) is 15.6 Å². The maximum absolute atomic E-state index is 11.7. The van der Waals surface area contributed by atoms with Crippen LogP contribution in [0.4, 0.5) is 5.82 Å². The van der Waals surface area contributed by atoms with Crippen LogP contribution in [0.3, 0.4) is 0 Å². The first-order valence-electron chi connectivity index (χ1n) is 5.33. The van der Waals surface area contributed by atoms with Crippen molar-refractivity contribution in [3.63, 3.8) is 0 Å². The third-order valence-electron chi connectivity index (χ3n) is 2.96. The van der Waals surface area contributed by atoms with Crippen LogP contribution in [0.1, 0.15) is 19.6 Å². The van der Waals surface area contributed by atoms with Gasteiger partial charge in [-0.3, -0.25) is 4.57 Å². The molecule has 2 rings (SSSR count). The van der Waals surface area contributed by atoms with Crippen LogP contribution < -0.4 is 11.4 Å². The minimum absolute atomic E-state index is 0.0456. The number of halogens is 1. The lowest BCUT2D eigenvalue weighted by Gasteiger charge is -2.15. The first kappa shape index (κ1) is 12.5. The number of ether oxygens (including phenoxy) is 1. The molecule has 3 N–H and O–H groups in total. The molecule has 2 unspecified atom stereocenters. The second kappa shape index (κ2) is 4.75. The van der Waals surface area contributed by atoms with Gasteiger partial charge in [0.05, 0.1) is 17.2 Å². The van der Waals surface area contributed by atoms with Gasteiger partial charge in [0.15, 0.2) is 0 Å². The summed E-state index contributed by atoms with van der Waals surface area (Å²) in [6.45, 7) is 1.93. The van der Waals surface area contributed by atoms with E-state index in [0.29, 0.717) is 10.9 Å². The van der Waals surface area contributed by atoms with Gasteiger partial charge >= 0.3 is 5.69 Å². The molecule has 0 spiro atoms. The summed E-state index contributed by atoms with van der Waals surface area (Å²) in [5.41, 5.74) is 5.07. The molecule has 0 bridgehead atoms. The summed E-state index contributed by atoms with van der Waals surface area (Å²) in [6.07, 6.45) is 1.62. The van der Waals surface area contributed by atoms with Gasteiger partial charge in [0.25, 0.3) is 0 Å². The van der Waals surface area contributed by atoms with Gasteiger partial charge in [-0.1, -0.05) is 6.92 Å². The zero-order valence-corrected chi connectivity index (χ0v) is 10.9. The van der Waals surface area contributed by atoms with E-state index in [9.17, 15) is 4.79 Å². The molecule has 1 fully saturated rings. The highest BCUT2D eigenvalue weighted by Crippen LogP contribution is 2.32. The normalized spacial score (nSPS) is 28.5. The lowest BCUT2D eigenvalue weighted by Crippen LogP contribution is -2.28. The molecule has 1 aromatic rings. The number of nitrogens with two attached hydrogens (primary N) is 1. The number of nitrogens with zero attached hydrogens (tertiary/aromatic N) is 2. The van der Waals surface area contributed by atoms with E-state index >= 15 is 0 Å². The van der Waals surface area contributed by atoms with Crippen LogP contribution >= 0.6 is 15.9 Å². The number of aromatic nitrogens is 2. The summed E-state index contributed by atoms with van der Waals surface area (Å²) in [6, 6.07) is 0. The number of hydrogen-bond acceptors (Lipinski definition) is 5. The zero-order valence-electron chi connectivity index (χ0n) is 9.34.